The highest BCUT2D eigenvalue weighted by molar-refractivity contribution is 6.30. The summed E-state index contributed by atoms with van der Waals surface area (Å²) in [6, 6.07) is 7.84. The zero-order valence-corrected chi connectivity index (χ0v) is 21.0. The van der Waals surface area contributed by atoms with Gasteiger partial charge in [0, 0.05) is 61.0 Å². The number of hydrogen-bond donors (Lipinski definition) is 2. The number of nitrogens with one attached hydrogen (secondary N) is 2. The van der Waals surface area contributed by atoms with E-state index in [0.29, 0.717) is 71.9 Å². The highest BCUT2D eigenvalue weighted by Crippen LogP contribution is 2.41. The third kappa shape index (κ3) is 5.65. The van der Waals surface area contributed by atoms with Crippen LogP contribution in [0.5, 0.6) is 5.75 Å². The molecule has 1 saturated heterocycles. The number of rotatable bonds is 6. The number of halogens is 2. The van der Waals surface area contributed by atoms with Crippen molar-refractivity contribution in [2.24, 2.45) is 0 Å². The molecule has 0 atom stereocenters. The van der Waals surface area contributed by atoms with Gasteiger partial charge in [0.25, 0.3) is 0 Å². The molecule has 0 unspecified atom stereocenters. The minimum atomic E-state index is -0.444. The largest absolute Gasteiger partial charge is 0.487 e. The number of piperazine rings is 1. The van der Waals surface area contributed by atoms with E-state index < -0.39 is 5.82 Å². The molecule has 0 saturated carbocycles. The van der Waals surface area contributed by atoms with Crippen LogP contribution in [0.1, 0.15) is 6.42 Å². The van der Waals surface area contributed by atoms with E-state index in [1.54, 1.807) is 36.5 Å². The maximum Gasteiger partial charge on any atom is 0.236 e. The van der Waals surface area contributed by atoms with Gasteiger partial charge in [0.1, 0.15) is 12.4 Å². The number of fused-ring (bicyclic) bond motifs is 1. The third-order valence-corrected chi connectivity index (χ3v) is 6.58. The number of benzene rings is 1. The number of nitrogens with zero attached hydrogens (tertiary/aromatic N) is 4. The van der Waals surface area contributed by atoms with Crippen molar-refractivity contribution in [1.29, 1.82) is 0 Å². The van der Waals surface area contributed by atoms with Crippen LogP contribution in [0.15, 0.2) is 42.7 Å². The zero-order chi connectivity index (χ0) is 25.9. The standard InChI is InChI=1S/C26H26ClFN6O3/c1-33-7-8-34(15-24(33)36)6-4-23(35)31-18-10-16(13-29-14-18)19-12-22(20-11-17(27)2-3-21(20)28)32-26-25(19)37-9-5-30-26/h2-3,10-14H,4-9,15H2,1H3,(H,30,32)(H,31,35). The van der Waals surface area contributed by atoms with Crippen LogP contribution in [0.2, 0.25) is 5.02 Å². The molecule has 3 aromatic rings. The van der Waals surface area contributed by atoms with Crippen LogP contribution >= 0.6 is 11.6 Å². The van der Waals surface area contributed by atoms with Crippen LogP contribution in [0.25, 0.3) is 22.4 Å². The number of anilines is 2. The number of amides is 2. The number of hydrogen-bond acceptors (Lipinski definition) is 7. The van der Waals surface area contributed by atoms with Crippen molar-refractivity contribution in [2.75, 3.05) is 57.0 Å². The Morgan fingerprint density at radius 3 is 2.92 bits per heavy atom. The number of aromatic nitrogens is 2. The maximum atomic E-state index is 14.6. The summed E-state index contributed by atoms with van der Waals surface area (Å²) in [6.45, 7) is 3.21. The quantitative estimate of drug-likeness (QED) is 0.509. The SMILES string of the molecule is CN1CCN(CCC(=O)Nc2cncc(-c3cc(-c4cc(Cl)ccc4F)nc4c3OCCN4)c2)CC1=O. The van der Waals surface area contributed by atoms with E-state index in [-0.39, 0.29) is 23.8 Å². The van der Waals surface area contributed by atoms with Gasteiger partial charge in [0.15, 0.2) is 11.6 Å². The lowest BCUT2D eigenvalue weighted by Crippen LogP contribution is -2.49. The van der Waals surface area contributed by atoms with Crippen LogP contribution in [-0.4, -0.2) is 78.0 Å². The minimum Gasteiger partial charge on any atom is -0.487 e. The number of carbonyl (C=O) groups excluding carboxylic acids is 2. The van der Waals surface area contributed by atoms with E-state index in [1.165, 1.54) is 18.2 Å². The Hall–Kier alpha value is -3.76. The molecular weight excluding hydrogens is 499 g/mol. The molecule has 2 aromatic heterocycles. The minimum absolute atomic E-state index is 0.0537. The summed E-state index contributed by atoms with van der Waals surface area (Å²) in [6.07, 6.45) is 3.46. The first-order valence-corrected chi connectivity index (χ1v) is 12.3. The second-order valence-corrected chi connectivity index (χ2v) is 9.42. The van der Waals surface area contributed by atoms with Gasteiger partial charge in [-0.25, -0.2) is 9.37 Å². The van der Waals surface area contributed by atoms with Gasteiger partial charge in [-0.2, -0.15) is 0 Å². The summed E-state index contributed by atoms with van der Waals surface area (Å²) in [7, 11) is 1.78. The fourth-order valence-corrected chi connectivity index (χ4v) is 4.48. The molecule has 1 fully saturated rings. The van der Waals surface area contributed by atoms with Crippen LogP contribution in [0.3, 0.4) is 0 Å². The van der Waals surface area contributed by atoms with Gasteiger partial charge in [0.2, 0.25) is 11.8 Å². The normalized spacial score (nSPS) is 15.5. The molecule has 2 aliphatic heterocycles. The summed E-state index contributed by atoms with van der Waals surface area (Å²) in [5.74, 6) is 0.456. The number of pyridine rings is 2. The second kappa shape index (κ2) is 10.7. The molecule has 0 radical (unpaired) electrons. The topological polar surface area (TPSA) is 99.7 Å². The lowest BCUT2D eigenvalue weighted by molar-refractivity contribution is -0.134. The van der Waals surface area contributed by atoms with Crippen molar-refractivity contribution >= 4 is 34.9 Å². The number of likely N-dealkylation sites (N-methyl/N-ethyl adjacent to an activating group) is 1. The number of carbonyl (C=O) groups is 2. The van der Waals surface area contributed by atoms with E-state index in [4.69, 9.17) is 16.3 Å². The molecule has 0 aliphatic carbocycles. The molecule has 9 nitrogen and oxygen atoms in total. The Morgan fingerprint density at radius 1 is 1.22 bits per heavy atom. The van der Waals surface area contributed by atoms with Crippen LogP contribution < -0.4 is 15.4 Å². The second-order valence-electron chi connectivity index (χ2n) is 8.98. The van der Waals surface area contributed by atoms with Gasteiger partial charge in [-0.3, -0.25) is 19.5 Å². The Balaban J connectivity index is 1.37. The van der Waals surface area contributed by atoms with Gasteiger partial charge in [-0.05, 0) is 30.3 Å². The molecule has 2 aliphatic rings. The van der Waals surface area contributed by atoms with E-state index in [9.17, 15) is 14.0 Å². The van der Waals surface area contributed by atoms with Gasteiger partial charge < -0.3 is 20.3 Å². The molecular formula is C26H26ClFN6O3. The summed E-state index contributed by atoms with van der Waals surface area (Å²) < 4.78 is 20.5. The fraction of sp³-hybridized carbons (Fsp3) is 0.308. The van der Waals surface area contributed by atoms with E-state index in [0.717, 1.165) is 6.54 Å². The summed E-state index contributed by atoms with van der Waals surface area (Å²) in [5, 5.41) is 6.48. The van der Waals surface area contributed by atoms with Crippen molar-refractivity contribution in [3.63, 3.8) is 0 Å². The molecule has 0 bridgehead atoms. The summed E-state index contributed by atoms with van der Waals surface area (Å²) in [5.41, 5.74) is 2.51. The van der Waals surface area contributed by atoms with E-state index in [2.05, 4.69) is 20.6 Å². The van der Waals surface area contributed by atoms with Gasteiger partial charge in [-0.1, -0.05) is 11.6 Å². The Morgan fingerprint density at radius 2 is 2.08 bits per heavy atom. The molecule has 2 amide bonds. The average Bonchev–Trinajstić information content (AvgIpc) is 2.90. The zero-order valence-electron chi connectivity index (χ0n) is 20.3. The first kappa shape index (κ1) is 24.9. The third-order valence-electron chi connectivity index (χ3n) is 6.34. The van der Waals surface area contributed by atoms with E-state index in [1.807, 2.05) is 4.90 Å². The Kier molecular flexibility index (Phi) is 7.20. The Bertz CT molecular complexity index is 1350. The molecule has 5 rings (SSSR count). The molecule has 11 heteroatoms. The smallest absolute Gasteiger partial charge is 0.236 e. The van der Waals surface area contributed by atoms with Gasteiger partial charge >= 0.3 is 0 Å². The maximum absolute atomic E-state index is 14.6. The molecule has 2 N–H and O–H groups in total. The molecule has 1 aromatic carbocycles. The lowest BCUT2D eigenvalue weighted by Gasteiger charge is -2.31. The highest BCUT2D eigenvalue weighted by Gasteiger charge is 2.23. The fourth-order valence-electron chi connectivity index (χ4n) is 4.30. The molecule has 37 heavy (non-hydrogen) atoms. The number of ether oxygens (including phenoxy) is 1. The summed E-state index contributed by atoms with van der Waals surface area (Å²) >= 11 is 6.12. The van der Waals surface area contributed by atoms with Crippen LogP contribution in [0, 0.1) is 5.82 Å². The van der Waals surface area contributed by atoms with Crippen molar-refractivity contribution in [1.82, 2.24) is 19.8 Å². The molecule has 192 valence electrons. The van der Waals surface area contributed by atoms with Crippen LogP contribution in [0.4, 0.5) is 15.9 Å². The van der Waals surface area contributed by atoms with Crippen molar-refractivity contribution in [2.45, 2.75) is 6.42 Å². The predicted octanol–water partition coefficient (Wildman–Crippen LogP) is 3.51. The molecule has 0 spiro atoms. The van der Waals surface area contributed by atoms with Gasteiger partial charge in [-0.15, -0.1) is 0 Å². The lowest BCUT2D eigenvalue weighted by atomic mass is 10.0. The first-order valence-electron chi connectivity index (χ1n) is 12.0. The highest BCUT2D eigenvalue weighted by atomic mass is 35.5. The average molecular weight is 525 g/mol. The first-order chi connectivity index (χ1) is 17.9. The molecule has 4 heterocycles. The van der Waals surface area contributed by atoms with Gasteiger partial charge in [0.05, 0.1) is 30.7 Å². The van der Waals surface area contributed by atoms with Crippen LogP contribution in [-0.2, 0) is 9.59 Å². The van der Waals surface area contributed by atoms with Crippen molar-refractivity contribution in [3.8, 4) is 28.1 Å². The predicted molar refractivity (Wildman–Crippen MR) is 139 cm³/mol. The Labute approximate surface area is 218 Å². The summed E-state index contributed by atoms with van der Waals surface area (Å²) in [4.78, 5) is 37.1. The van der Waals surface area contributed by atoms with Crippen molar-refractivity contribution < 1.29 is 18.7 Å². The monoisotopic (exact) mass is 524 g/mol. The van der Waals surface area contributed by atoms with E-state index >= 15 is 0 Å². The van der Waals surface area contributed by atoms with Crippen molar-refractivity contribution in [3.05, 3.63) is 53.6 Å².